The fourth-order valence-electron chi connectivity index (χ4n) is 2.86. The fraction of sp³-hybridized carbons (Fsp3) is 0.263. The van der Waals surface area contributed by atoms with Crippen molar-refractivity contribution >= 4 is 22.5 Å². The van der Waals surface area contributed by atoms with Crippen LogP contribution in [0.3, 0.4) is 0 Å². The van der Waals surface area contributed by atoms with E-state index in [1.54, 1.807) is 42.0 Å². The van der Waals surface area contributed by atoms with E-state index in [1.165, 1.54) is 4.57 Å². The smallest absolute Gasteiger partial charge is 0.331 e. The van der Waals surface area contributed by atoms with E-state index < -0.39 is 0 Å². The molecule has 1 aromatic heterocycles. The summed E-state index contributed by atoms with van der Waals surface area (Å²) in [5, 5.41) is 1.18. The number of nitrogens with zero attached hydrogens (tertiary/aromatic N) is 2. The normalized spacial score (nSPS) is 11.1. The largest absolute Gasteiger partial charge is 0.385 e. The summed E-state index contributed by atoms with van der Waals surface area (Å²) in [5.41, 5.74) is 1.01. The van der Waals surface area contributed by atoms with E-state index in [-0.39, 0.29) is 11.2 Å². The summed E-state index contributed by atoms with van der Waals surface area (Å²) in [4.78, 5) is 25.6. The van der Waals surface area contributed by atoms with E-state index >= 15 is 0 Å². The van der Waals surface area contributed by atoms with Gasteiger partial charge in [0.1, 0.15) is 0 Å². The van der Waals surface area contributed by atoms with Crippen LogP contribution in [-0.4, -0.2) is 22.9 Å². The van der Waals surface area contributed by atoms with Gasteiger partial charge in [0, 0.05) is 25.3 Å². The molecular weight excluding hydrogens is 340 g/mol. The Morgan fingerprint density at radius 1 is 1.00 bits per heavy atom. The molecule has 0 spiro atoms. The van der Waals surface area contributed by atoms with Gasteiger partial charge in [-0.25, -0.2) is 4.79 Å². The van der Waals surface area contributed by atoms with E-state index in [1.807, 2.05) is 18.2 Å². The minimum atomic E-state index is -0.310. The molecule has 0 aliphatic carbocycles. The van der Waals surface area contributed by atoms with Gasteiger partial charge in [0.15, 0.2) is 0 Å². The molecule has 0 unspecified atom stereocenters. The van der Waals surface area contributed by atoms with Gasteiger partial charge in [0.05, 0.1) is 17.4 Å². The van der Waals surface area contributed by atoms with Gasteiger partial charge >= 0.3 is 5.69 Å². The molecule has 0 amide bonds. The average molecular weight is 359 g/mol. The number of hydrogen-bond donors (Lipinski definition) is 0. The minimum absolute atomic E-state index is 0.260. The number of hydrogen-bond acceptors (Lipinski definition) is 3. The summed E-state index contributed by atoms with van der Waals surface area (Å²) < 4.78 is 7.95. The Labute approximate surface area is 150 Å². The quantitative estimate of drug-likeness (QED) is 0.637. The van der Waals surface area contributed by atoms with E-state index in [9.17, 15) is 9.59 Å². The lowest BCUT2D eigenvalue weighted by Gasteiger charge is -2.14. The highest BCUT2D eigenvalue weighted by molar-refractivity contribution is 6.30. The summed E-state index contributed by atoms with van der Waals surface area (Å²) in [5.74, 6) is 0. The maximum Gasteiger partial charge on any atom is 0.331 e. The molecule has 0 saturated carbocycles. The van der Waals surface area contributed by atoms with Crippen LogP contribution in [0.25, 0.3) is 10.9 Å². The van der Waals surface area contributed by atoms with Crippen LogP contribution in [0.15, 0.2) is 58.1 Å². The molecule has 3 rings (SSSR count). The highest BCUT2D eigenvalue weighted by Crippen LogP contribution is 2.13. The zero-order chi connectivity index (χ0) is 17.8. The summed E-state index contributed by atoms with van der Waals surface area (Å²) >= 11 is 5.93. The molecule has 0 aliphatic heterocycles. The van der Waals surface area contributed by atoms with Crippen LogP contribution in [0.4, 0.5) is 0 Å². The van der Waals surface area contributed by atoms with Crippen molar-refractivity contribution in [3.05, 3.63) is 80.0 Å². The second kappa shape index (κ2) is 7.68. The molecule has 0 aliphatic rings. The topological polar surface area (TPSA) is 53.2 Å². The van der Waals surface area contributed by atoms with Crippen LogP contribution in [-0.2, 0) is 17.8 Å². The molecule has 25 heavy (non-hydrogen) atoms. The molecule has 0 bridgehead atoms. The van der Waals surface area contributed by atoms with Crippen molar-refractivity contribution in [2.75, 3.05) is 13.7 Å². The number of para-hydroxylation sites is 1. The van der Waals surface area contributed by atoms with Crippen molar-refractivity contribution in [1.82, 2.24) is 9.13 Å². The van der Waals surface area contributed by atoms with Crippen LogP contribution < -0.4 is 11.2 Å². The van der Waals surface area contributed by atoms with Crippen LogP contribution in [0, 0.1) is 0 Å². The Bertz CT molecular complexity index is 990. The molecule has 0 atom stereocenters. The Kier molecular flexibility index (Phi) is 5.36. The van der Waals surface area contributed by atoms with E-state index in [0.29, 0.717) is 42.0 Å². The molecule has 130 valence electrons. The lowest BCUT2D eigenvalue weighted by molar-refractivity contribution is 0.189. The standard InChI is InChI=1S/C19H19ClN2O3/c1-25-12-4-11-21-18(23)16-5-2-3-6-17(16)22(19(21)24)13-14-7-9-15(20)10-8-14/h2-3,5-10H,4,11-13H2,1H3. The van der Waals surface area contributed by atoms with Crippen LogP contribution in [0.1, 0.15) is 12.0 Å². The summed E-state index contributed by atoms with van der Waals surface area (Å²) in [6, 6.07) is 14.5. The molecule has 1 heterocycles. The first kappa shape index (κ1) is 17.5. The highest BCUT2D eigenvalue weighted by atomic mass is 35.5. The molecule has 0 fully saturated rings. The first-order chi connectivity index (χ1) is 12.1. The van der Waals surface area contributed by atoms with Gasteiger partial charge in [0.2, 0.25) is 0 Å². The second-order valence-corrected chi connectivity index (χ2v) is 6.25. The number of halogens is 1. The van der Waals surface area contributed by atoms with Gasteiger partial charge in [-0.2, -0.15) is 0 Å². The average Bonchev–Trinajstić information content (AvgIpc) is 2.63. The first-order valence-corrected chi connectivity index (χ1v) is 8.45. The molecular formula is C19H19ClN2O3. The summed E-state index contributed by atoms with van der Waals surface area (Å²) in [6.45, 7) is 1.20. The van der Waals surface area contributed by atoms with Crippen molar-refractivity contribution in [3.63, 3.8) is 0 Å². The molecule has 2 aromatic carbocycles. The summed E-state index contributed by atoms with van der Waals surface area (Å²) in [7, 11) is 1.60. The van der Waals surface area contributed by atoms with Gasteiger partial charge < -0.3 is 4.74 Å². The Balaban J connectivity index is 2.13. The van der Waals surface area contributed by atoms with Crippen molar-refractivity contribution in [2.24, 2.45) is 0 Å². The predicted molar refractivity (Wildman–Crippen MR) is 99.5 cm³/mol. The minimum Gasteiger partial charge on any atom is -0.385 e. The van der Waals surface area contributed by atoms with Crippen molar-refractivity contribution in [3.8, 4) is 0 Å². The van der Waals surface area contributed by atoms with Gasteiger partial charge in [-0.1, -0.05) is 35.9 Å². The van der Waals surface area contributed by atoms with Gasteiger partial charge in [0.25, 0.3) is 5.56 Å². The predicted octanol–water partition coefficient (Wildman–Crippen LogP) is 2.90. The number of fused-ring (bicyclic) bond motifs is 1. The fourth-order valence-corrected chi connectivity index (χ4v) is 2.99. The molecule has 6 heteroatoms. The van der Waals surface area contributed by atoms with Crippen molar-refractivity contribution in [2.45, 2.75) is 19.5 Å². The lowest BCUT2D eigenvalue weighted by atomic mass is 10.2. The number of ether oxygens (including phenoxy) is 1. The zero-order valence-electron chi connectivity index (χ0n) is 13.9. The van der Waals surface area contributed by atoms with Gasteiger partial charge in [-0.3, -0.25) is 13.9 Å². The summed E-state index contributed by atoms with van der Waals surface area (Å²) in [6.07, 6.45) is 0.602. The van der Waals surface area contributed by atoms with Crippen LogP contribution in [0.2, 0.25) is 5.02 Å². The monoisotopic (exact) mass is 358 g/mol. The Morgan fingerprint density at radius 2 is 1.72 bits per heavy atom. The molecule has 3 aromatic rings. The number of benzene rings is 2. The van der Waals surface area contributed by atoms with Crippen molar-refractivity contribution < 1.29 is 4.74 Å². The van der Waals surface area contributed by atoms with Crippen LogP contribution >= 0.6 is 11.6 Å². The van der Waals surface area contributed by atoms with Crippen LogP contribution in [0.5, 0.6) is 0 Å². The molecule has 5 nitrogen and oxygen atoms in total. The number of rotatable bonds is 6. The maximum atomic E-state index is 12.9. The molecule has 0 N–H and O–H groups in total. The molecule has 0 saturated heterocycles. The first-order valence-electron chi connectivity index (χ1n) is 8.07. The zero-order valence-corrected chi connectivity index (χ0v) is 14.7. The third kappa shape index (κ3) is 3.67. The Morgan fingerprint density at radius 3 is 2.44 bits per heavy atom. The third-order valence-corrected chi connectivity index (χ3v) is 4.37. The van der Waals surface area contributed by atoms with Gasteiger partial charge in [-0.15, -0.1) is 0 Å². The second-order valence-electron chi connectivity index (χ2n) is 5.82. The van der Waals surface area contributed by atoms with Crippen molar-refractivity contribution in [1.29, 1.82) is 0 Å². The molecule has 0 radical (unpaired) electrons. The van der Waals surface area contributed by atoms with E-state index in [2.05, 4.69) is 0 Å². The third-order valence-electron chi connectivity index (χ3n) is 4.12. The SMILES string of the molecule is COCCCn1c(=O)c2ccccc2n(Cc2ccc(Cl)cc2)c1=O. The van der Waals surface area contributed by atoms with E-state index in [4.69, 9.17) is 16.3 Å². The van der Waals surface area contributed by atoms with Gasteiger partial charge in [-0.05, 0) is 36.2 Å². The maximum absolute atomic E-state index is 12.9. The number of aromatic nitrogens is 2. The van der Waals surface area contributed by atoms with E-state index in [0.717, 1.165) is 5.56 Å². The lowest BCUT2D eigenvalue weighted by Crippen LogP contribution is -2.40. The highest BCUT2D eigenvalue weighted by Gasteiger charge is 2.13. The Hall–Kier alpha value is -2.37. The number of methoxy groups -OCH3 is 1.